The number of hydrogen-bond acceptors (Lipinski definition) is 6. The van der Waals surface area contributed by atoms with Gasteiger partial charge in [-0.05, 0) is 46.2 Å². The van der Waals surface area contributed by atoms with Crippen LogP contribution < -0.4 is 9.47 Å². The van der Waals surface area contributed by atoms with Crippen molar-refractivity contribution in [3.05, 3.63) is 81.8 Å². The van der Waals surface area contributed by atoms with Crippen LogP contribution in [0.4, 0.5) is 0 Å². The van der Waals surface area contributed by atoms with E-state index in [0.29, 0.717) is 59.8 Å². The molecule has 0 atom stereocenters. The minimum absolute atomic E-state index is 0.0135. The van der Waals surface area contributed by atoms with E-state index >= 15 is 0 Å². The maximum Gasteiger partial charge on any atom is 0.335 e. The summed E-state index contributed by atoms with van der Waals surface area (Å²) in [6, 6.07) is 12.0. The van der Waals surface area contributed by atoms with Crippen LogP contribution in [0.25, 0.3) is 0 Å². The van der Waals surface area contributed by atoms with Crippen molar-refractivity contribution in [3.63, 3.8) is 0 Å². The number of allylic oxidation sites excluding steroid dienone is 4. The molecule has 2 aliphatic carbocycles. The first-order chi connectivity index (χ1) is 18.4. The molecule has 0 unspecified atom stereocenters. The third kappa shape index (κ3) is 5.22. The molecular formula is C32H34O7. The van der Waals surface area contributed by atoms with E-state index in [1.807, 2.05) is 12.1 Å². The lowest BCUT2D eigenvalue weighted by Gasteiger charge is -2.42. The van der Waals surface area contributed by atoms with Gasteiger partial charge in [0, 0.05) is 42.7 Å². The molecule has 0 amide bonds. The van der Waals surface area contributed by atoms with Gasteiger partial charge >= 0.3 is 5.97 Å². The largest absolute Gasteiger partial charge is 0.493 e. The summed E-state index contributed by atoms with van der Waals surface area (Å²) in [5.74, 6) is 0.874. The van der Waals surface area contributed by atoms with Gasteiger partial charge in [0.2, 0.25) is 0 Å². The van der Waals surface area contributed by atoms with E-state index in [2.05, 4.69) is 27.7 Å². The molecule has 2 aromatic rings. The summed E-state index contributed by atoms with van der Waals surface area (Å²) in [6.07, 6.45) is 2.06. The lowest BCUT2D eigenvalue weighted by molar-refractivity contribution is -0.120. The Morgan fingerprint density at radius 1 is 0.872 bits per heavy atom. The van der Waals surface area contributed by atoms with E-state index in [-0.39, 0.29) is 34.6 Å². The van der Waals surface area contributed by atoms with Crippen LogP contribution in [-0.4, -0.2) is 29.8 Å². The molecule has 7 nitrogen and oxygen atoms in total. The minimum atomic E-state index is -0.982. The van der Waals surface area contributed by atoms with Crippen LogP contribution in [0.5, 0.6) is 11.5 Å². The highest BCUT2D eigenvalue weighted by Gasteiger charge is 2.47. The summed E-state index contributed by atoms with van der Waals surface area (Å²) < 4.78 is 18.1. The van der Waals surface area contributed by atoms with Crippen LogP contribution in [0.15, 0.2) is 65.1 Å². The standard InChI is InChI=1S/C32H34O7/c1-31(2)13-21(33)28-25(15-31)39-26-16-32(3,4)14-22(34)29(26)27(28)20-10-11-23(24(12-20)37-5)38-17-18-6-8-19(9-7-18)30(35)36/h6-12,27H,13-17H2,1-5H3,(H,35,36). The molecule has 0 radical (unpaired) electrons. The fraction of sp³-hybridized carbons (Fsp3) is 0.406. The average molecular weight is 531 g/mol. The summed E-state index contributed by atoms with van der Waals surface area (Å²) in [6.45, 7) is 8.49. The second-order valence-corrected chi connectivity index (χ2v) is 12.3. The molecule has 3 aliphatic rings. The zero-order valence-electron chi connectivity index (χ0n) is 23.1. The fourth-order valence-corrected chi connectivity index (χ4v) is 5.90. The van der Waals surface area contributed by atoms with E-state index < -0.39 is 11.9 Å². The van der Waals surface area contributed by atoms with Crippen molar-refractivity contribution in [2.45, 2.75) is 65.9 Å². The van der Waals surface area contributed by atoms with Gasteiger partial charge in [0.15, 0.2) is 23.1 Å². The number of benzene rings is 2. The number of ether oxygens (including phenoxy) is 3. The molecule has 0 aromatic heterocycles. The average Bonchev–Trinajstić information content (AvgIpc) is 2.84. The number of methoxy groups -OCH3 is 1. The Kier molecular flexibility index (Phi) is 6.65. The normalized spacial score (nSPS) is 20.2. The number of carboxylic acids is 1. The van der Waals surface area contributed by atoms with Gasteiger partial charge in [0.25, 0.3) is 0 Å². The minimum Gasteiger partial charge on any atom is -0.493 e. The van der Waals surface area contributed by atoms with Crippen molar-refractivity contribution in [2.75, 3.05) is 7.11 Å². The van der Waals surface area contributed by atoms with Crippen LogP contribution in [0, 0.1) is 10.8 Å². The van der Waals surface area contributed by atoms with Gasteiger partial charge in [0.1, 0.15) is 18.1 Å². The molecule has 0 saturated heterocycles. The first-order valence-corrected chi connectivity index (χ1v) is 13.2. The van der Waals surface area contributed by atoms with Crippen molar-refractivity contribution in [2.24, 2.45) is 10.8 Å². The van der Waals surface area contributed by atoms with Crippen LogP contribution in [0.3, 0.4) is 0 Å². The third-order valence-corrected chi connectivity index (χ3v) is 7.70. The highest BCUT2D eigenvalue weighted by Crippen LogP contribution is 2.53. The summed E-state index contributed by atoms with van der Waals surface area (Å²) in [4.78, 5) is 38.2. The number of rotatable bonds is 6. The topological polar surface area (TPSA) is 99.1 Å². The van der Waals surface area contributed by atoms with Gasteiger partial charge in [-0.25, -0.2) is 4.79 Å². The quantitative estimate of drug-likeness (QED) is 0.463. The zero-order valence-corrected chi connectivity index (χ0v) is 23.1. The van der Waals surface area contributed by atoms with Crippen molar-refractivity contribution in [1.29, 1.82) is 0 Å². The van der Waals surface area contributed by atoms with Gasteiger partial charge in [-0.3, -0.25) is 9.59 Å². The number of hydrogen-bond donors (Lipinski definition) is 1. The lowest BCUT2D eigenvalue weighted by atomic mass is 9.65. The van der Waals surface area contributed by atoms with E-state index in [9.17, 15) is 14.4 Å². The number of carboxylic acid groups (broad SMARTS) is 1. The molecule has 5 rings (SSSR count). The Labute approximate surface area is 228 Å². The first kappa shape index (κ1) is 26.7. The molecule has 0 saturated carbocycles. The van der Waals surface area contributed by atoms with Crippen molar-refractivity contribution in [3.8, 4) is 11.5 Å². The van der Waals surface area contributed by atoms with Gasteiger partial charge in [-0.15, -0.1) is 0 Å². The molecule has 0 spiro atoms. The Hall–Kier alpha value is -3.87. The van der Waals surface area contributed by atoms with Crippen LogP contribution in [0.1, 0.15) is 80.8 Å². The molecule has 0 bridgehead atoms. The molecule has 39 heavy (non-hydrogen) atoms. The van der Waals surface area contributed by atoms with Crippen LogP contribution in [0.2, 0.25) is 0 Å². The molecule has 1 aliphatic heterocycles. The zero-order chi connectivity index (χ0) is 28.1. The van der Waals surface area contributed by atoms with Gasteiger partial charge in [0.05, 0.1) is 12.7 Å². The predicted octanol–water partition coefficient (Wildman–Crippen LogP) is 6.37. The van der Waals surface area contributed by atoms with Crippen LogP contribution >= 0.6 is 0 Å². The van der Waals surface area contributed by atoms with E-state index in [1.165, 1.54) is 12.1 Å². The lowest BCUT2D eigenvalue weighted by Crippen LogP contribution is -2.37. The van der Waals surface area contributed by atoms with Gasteiger partial charge in [-0.1, -0.05) is 45.9 Å². The van der Waals surface area contributed by atoms with Gasteiger partial charge in [-0.2, -0.15) is 0 Å². The molecule has 204 valence electrons. The molecule has 0 fully saturated rings. The van der Waals surface area contributed by atoms with Crippen molar-refractivity contribution < 1.29 is 33.7 Å². The molecule has 1 N–H and O–H groups in total. The predicted molar refractivity (Wildman–Crippen MR) is 145 cm³/mol. The smallest absolute Gasteiger partial charge is 0.335 e. The third-order valence-electron chi connectivity index (χ3n) is 7.70. The number of carbonyl (C=O) groups is 3. The maximum absolute atomic E-state index is 13.5. The highest BCUT2D eigenvalue weighted by atomic mass is 16.5. The van der Waals surface area contributed by atoms with E-state index in [0.717, 1.165) is 11.1 Å². The highest BCUT2D eigenvalue weighted by molar-refractivity contribution is 6.06. The summed E-state index contributed by atoms with van der Waals surface area (Å²) in [5.41, 5.74) is 2.53. The Morgan fingerprint density at radius 2 is 1.44 bits per heavy atom. The first-order valence-electron chi connectivity index (χ1n) is 13.2. The maximum atomic E-state index is 13.5. The fourth-order valence-electron chi connectivity index (χ4n) is 5.90. The Bertz CT molecular complexity index is 1370. The summed E-state index contributed by atoms with van der Waals surface area (Å²) in [7, 11) is 1.55. The molecule has 1 heterocycles. The van der Waals surface area contributed by atoms with E-state index in [4.69, 9.17) is 19.3 Å². The number of ketones is 2. The number of aromatic carboxylic acids is 1. The SMILES string of the molecule is COc1cc(C2C3=C(CC(C)(C)CC3=O)OC3=C2C(=O)CC(C)(C)C3)ccc1OCc1ccc(C(=O)O)cc1. The number of carbonyl (C=O) groups excluding carboxylic acids is 2. The van der Waals surface area contributed by atoms with Crippen molar-refractivity contribution in [1.82, 2.24) is 0 Å². The second kappa shape index (κ2) is 9.70. The van der Waals surface area contributed by atoms with Gasteiger partial charge < -0.3 is 19.3 Å². The monoisotopic (exact) mass is 530 g/mol. The summed E-state index contributed by atoms with van der Waals surface area (Å²) in [5, 5.41) is 9.11. The van der Waals surface area contributed by atoms with E-state index in [1.54, 1.807) is 25.3 Å². The molecule has 2 aromatic carbocycles. The molecular weight excluding hydrogens is 496 g/mol. The second-order valence-electron chi connectivity index (χ2n) is 12.3. The number of Topliss-reactive ketones (excluding diaryl/α,β-unsaturated/α-hetero) is 2. The van der Waals surface area contributed by atoms with Crippen molar-refractivity contribution >= 4 is 17.5 Å². The van der Waals surface area contributed by atoms with Crippen LogP contribution in [-0.2, 0) is 20.9 Å². The Morgan fingerprint density at radius 3 is 1.95 bits per heavy atom. The molecule has 7 heteroatoms. The summed E-state index contributed by atoms with van der Waals surface area (Å²) >= 11 is 0. The Balaban J connectivity index is 1.51.